The van der Waals surface area contributed by atoms with Gasteiger partial charge in [-0.25, -0.2) is 0 Å². The minimum absolute atomic E-state index is 0.658. The number of rotatable bonds is 6. The first kappa shape index (κ1) is 11.7. The van der Waals surface area contributed by atoms with Crippen LogP contribution in [0.25, 0.3) is 0 Å². The topological polar surface area (TPSA) is 27.7 Å². The highest BCUT2D eigenvalue weighted by Crippen LogP contribution is 1.84. The Hall–Kier alpha value is 0.748. The summed E-state index contributed by atoms with van der Waals surface area (Å²) >= 11 is 0. The molecular formula is C4H18O3Si4. The molecule has 0 amide bonds. The lowest BCUT2D eigenvalue weighted by Crippen LogP contribution is -2.20. The molecule has 0 aliphatic heterocycles. The number of hydrogen-bond acceptors (Lipinski definition) is 3. The van der Waals surface area contributed by atoms with E-state index in [0.717, 1.165) is 0 Å². The van der Waals surface area contributed by atoms with Crippen LogP contribution < -0.4 is 0 Å². The molecule has 0 spiro atoms. The third-order valence-electron chi connectivity index (χ3n) is 0.969. The van der Waals surface area contributed by atoms with Crippen LogP contribution in [-0.2, 0) is 12.3 Å². The highest BCUT2D eigenvalue weighted by molar-refractivity contribution is 6.58. The smallest absolute Gasteiger partial charge is 0.284 e. The maximum Gasteiger partial charge on any atom is 0.284 e. The summed E-state index contributed by atoms with van der Waals surface area (Å²) in [5.41, 5.74) is 0. The Balaban J connectivity index is 2.91. The van der Waals surface area contributed by atoms with Gasteiger partial charge in [0.25, 0.3) is 20.0 Å². The van der Waals surface area contributed by atoms with Crippen LogP contribution in [0.5, 0.6) is 0 Å². The van der Waals surface area contributed by atoms with E-state index in [9.17, 15) is 0 Å². The average molecular weight is 227 g/mol. The molecule has 0 aliphatic carbocycles. The van der Waals surface area contributed by atoms with Gasteiger partial charge in [-0.3, -0.25) is 0 Å². The van der Waals surface area contributed by atoms with Gasteiger partial charge in [0, 0.05) is 0 Å². The molecule has 0 bridgehead atoms. The molecule has 0 saturated carbocycles. The lowest BCUT2D eigenvalue weighted by Gasteiger charge is -2.09. The van der Waals surface area contributed by atoms with Crippen LogP contribution in [0.4, 0.5) is 0 Å². The summed E-state index contributed by atoms with van der Waals surface area (Å²) in [6, 6.07) is 0. The predicted molar refractivity (Wildman–Crippen MR) is 58.1 cm³/mol. The Kier molecular flexibility index (Phi) is 7.90. The van der Waals surface area contributed by atoms with Crippen LogP contribution >= 0.6 is 0 Å². The standard InChI is InChI=1S/C4H18O3Si4/c1-10(2)6-8-5-9-7-11(3)4/h10-11H,8-9H2,1-4H3. The van der Waals surface area contributed by atoms with Crippen molar-refractivity contribution < 1.29 is 12.3 Å². The minimum atomic E-state index is -0.823. The summed E-state index contributed by atoms with van der Waals surface area (Å²) < 4.78 is 16.3. The fraction of sp³-hybridized carbons (Fsp3) is 1.00. The van der Waals surface area contributed by atoms with Gasteiger partial charge in [-0.15, -0.1) is 0 Å². The van der Waals surface area contributed by atoms with Crippen molar-refractivity contribution in [2.45, 2.75) is 26.2 Å². The molecule has 11 heavy (non-hydrogen) atoms. The first-order valence-corrected chi connectivity index (χ1v) is 11.8. The maximum atomic E-state index is 5.45. The van der Waals surface area contributed by atoms with E-state index in [-0.39, 0.29) is 0 Å². The molecule has 0 radical (unpaired) electrons. The quantitative estimate of drug-likeness (QED) is 0.430. The van der Waals surface area contributed by atoms with Crippen molar-refractivity contribution in [1.82, 2.24) is 0 Å². The van der Waals surface area contributed by atoms with Gasteiger partial charge in [0.1, 0.15) is 0 Å². The second-order valence-electron chi connectivity index (χ2n) is 2.87. The molecule has 0 aromatic heterocycles. The van der Waals surface area contributed by atoms with Gasteiger partial charge in [0.05, 0.1) is 0 Å². The Morgan fingerprint density at radius 1 is 0.818 bits per heavy atom. The largest absolute Gasteiger partial charge is 0.444 e. The van der Waals surface area contributed by atoms with Gasteiger partial charge in [0.15, 0.2) is 18.1 Å². The molecule has 0 aromatic rings. The molecule has 0 unspecified atom stereocenters. The lowest BCUT2D eigenvalue weighted by molar-refractivity contribution is 0.427. The fourth-order valence-corrected chi connectivity index (χ4v) is 5.35. The first-order chi connectivity index (χ1) is 5.13. The second kappa shape index (κ2) is 7.40. The van der Waals surface area contributed by atoms with E-state index in [1.165, 1.54) is 0 Å². The van der Waals surface area contributed by atoms with Gasteiger partial charge in [-0.05, 0) is 26.2 Å². The molecule has 3 nitrogen and oxygen atoms in total. The molecule has 68 valence electrons. The SMILES string of the molecule is C[SiH](C)O[SiH2]O[SiH2]O[SiH](C)C. The van der Waals surface area contributed by atoms with Crippen molar-refractivity contribution in [1.29, 1.82) is 0 Å². The molecule has 7 heteroatoms. The molecule has 0 aliphatic rings. The molecule has 0 saturated heterocycles. The monoisotopic (exact) mass is 226 g/mol. The van der Waals surface area contributed by atoms with Crippen molar-refractivity contribution in [2.24, 2.45) is 0 Å². The Labute approximate surface area is 77.0 Å². The van der Waals surface area contributed by atoms with Gasteiger partial charge >= 0.3 is 0 Å². The van der Waals surface area contributed by atoms with E-state index in [2.05, 4.69) is 26.2 Å². The predicted octanol–water partition coefficient (Wildman–Crippen LogP) is -0.999. The molecule has 0 fully saturated rings. The highest BCUT2D eigenvalue weighted by atomic mass is 28.4. The van der Waals surface area contributed by atoms with E-state index >= 15 is 0 Å². The van der Waals surface area contributed by atoms with Crippen LogP contribution in [-0.4, -0.2) is 38.1 Å². The van der Waals surface area contributed by atoms with Crippen LogP contribution in [0.15, 0.2) is 0 Å². The fourth-order valence-electron chi connectivity index (χ4n) is 0.402. The Morgan fingerprint density at radius 2 is 1.18 bits per heavy atom. The molecule has 0 heterocycles. The highest BCUT2D eigenvalue weighted by Gasteiger charge is 1.97. The van der Waals surface area contributed by atoms with Gasteiger partial charge in [-0.2, -0.15) is 0 Å². The van der Waals surface area contributed by atoms with Gasteiger partial charge < -0.3 is 12.3 Å². The molecule has 0 rings (SSSR count). The van der Waals surface area contributed by atoms with Crippen molar-refractivity contribution in [2.75, 3.05) is 0 Å². The van der Waals surface area contributed by atoms with E-state index < -0.39 is 38.1 Å². The summed E-state index contributed by atoms with van der Waals surface area (Å²) in [6.07, 6.45) is 0. The summed E-state index contributed by atoms with van der Waals surface area (Å²) in [5, 5.41) is 0. The van der Waals surface area contributed by atoms with E-state index in [4.69, 9.17) is 12.3 Å². The van der Waals surface area contributed by atoms with E-state index in [0.29, 0.717) is 0 Å². The summed E-state index contributed by atoms with van der Waals surface area (Å²) in [4.78, 5) is 0. The zero-order valence-electron chi connectivity index (χ0n) is 7.79. The third kappa shape index (κ3) is 10.7. The zero-order chi connectivity index (χ0) is 8.69. The number of hydrogen-bond donors (Lipinski definition) is 0. The molecular weight excluding hydrogens is 208 g/mol. The normalized spacial score (nSPS) is 13.6. The zero-order valence-corrected chi connectivity index (χ0v) is 12.9. The molecule has 0 N–H and O–H groups in total. The Morgan fingerprint density at radius 3 is 1.45 bits per heavy atom. The van der Waals surface area contributed by atoms with Crippen LogP contribution in [0.2, 0.25) is 26.2 Å². The van der Waals surface area contributed by atoms with Gasteiger partial charge in [0.2, 0.25) is 0 Å². The second-order valence-corrected chi connectivity index (χ2v) is 11.8. The van der Waals surface area contributed by atoms with E-state index in [1.54, 1.807) is 0 Å². The van der Waals surface area contributed by atoms with Crippen molar-refractivity contribution in [3.05, 3.63) is 0 Å². The maximum absolute atomic E-state index is 5.45. The van der Waals surface area contributed by atoms with Crippen molar-refractivity contribution in [3.8, 4) is 0 Å². The first-order valence-electron chi connectivity index (χ1n) is 3.94. The van der Waals surface area contributed by atoms with Gasteiger partial charge in [-0.1, -0.05) is 0 Å². The summed E-state index contributed by atoms with van der Waals surface area (Å²) in [6.45, 7) is 8.65. The summed E-state index contributed by atoms with van der Waals surface area (Å²) in [7, 11) is -2.96. The third-order valence-corrected chi connectivity index (χ3v) is 8.72. The van der Waals surface area contributed by atoms with Crippen LogP contribution in [0.3, 0.4) is 0 Å². The van der Waals surface area contributed by atoms with Crippen LogP contribution in [0.1, 0.15) is 0 Å². The lowest BCUT2D eigenvalue weighted by atomic mass is 11.9. The average Bonchev–Trinajstić information content (AvgIpc) is 1.85. The van der Waals surface area contributed by atoms with Crippen molar-refractivity contribution >= 4 is 38.1 Å². The molecule has 0 aromatic carbocycles. The van der Waals surface area contributed by atoms with E-state index in [1.807, 2.05) is 0 Å². The minimum Gasteiger partial charge on any atom is -0.444 e. The Bertz CT molecular complexity index is 79.4. The van der Waals surface area contributed by atoms with Crippen molar-refractivity contribution in [3.63, 3.8) is 0 Å². The van der Waals surface area contributed by atoms with Crippen LogP contribution in [0, 0.1) is 0 Å². The molecule has 0 atom stereocenters. The summed E-state index contributed by atoms with van der Waals surface area (Å²) in [5.74, 6) is 0.